The Morgan fingerprint density at radius 3 is 2.78 bits per heavy atom. The molecule has 2 aromatic rings. The molecular weight excluding hydrogens is 349 g/mol. The molecular formula is C14H14ClF3N4S. The van der Waals surface area contributed by atoms with E-state index in [1.807, 2.05) is 6.92 Å². The summed E-state index contributed by atoms with van der Waals surface area (Å²) in [7, 11) is 0. The number of unbranched alkanes of at least 4 members (excludes halogenated alkanes) is 1. The van der Waals surface area contributed by atoms with E-state index in [0.29, 0.717) is 5.17 Å². The molecule has 0 aliphatic rings. The van der Waals surface area contributed by atoms with Gasteiger partial charge >= 0.3 is 6.18 Å². The van der Waals surface area contributed by atoms with Crippen LogP contribution in [0.25, 0.3) is 0 Å². The van der Waals surface area contributed by atoms with Gasteiger partial charge in [0.15, 0.2) is 5.17 Å². The first kappa shape index (κ1) is 17.8. The number of rotatable bonds is 4. The summed E-state index contributed by atoms with van der Waals surface area (Å²) < 4.78 is 40.8. The fourth-order valence-electron chi connectivity index (χ4n) is 1.70. The third-order valence-electron chi connectivity index (χ3n) is 2.82. The monoisotopic (exact) mass is 362 g/mol. The number of aromatic nitrogens is 3. The normalized spacial score (nSPS) is 12.7. The van der Waals surface area contributed by atoms with Crippen LogP contribution < -0.4 is 0 Å². The molecule has 124 valence electrons. The van der Waals surface area contributed by atoms with Crippen molar-refractivity contribution in [1.82, 2.24) is 14.8 Å². The lowest BCUT2D eigenvalue weighted by Gasteiger charge is -2.12. The molecule has 1 aromatic carbocycles. The van der Waals surface area contributed by atoms with E-state index in [9.17, 15) is 13.2 Å². The molecule has 1 heterocycles. The average Bonchev–Trinajstić information content (AvgIpc) is 3.01. The summed E-state index contributed by atoms with van der Waals surface area (Å²) in [6.45, 7) is 2.04. The van der Waals surface area contributed by atoms with Crippen molar-refractivity contribution in [3.63, 3.8) is 0 Å². The number of alkyl halides is 3. The molecule has 0 spiro atoms. The second kappa shape index (κ2) is 7.83. The summed E-state index contributed by atoms with van der Waals surface area (Å²) in [5.41, 5.74) is -1.07. The fourth-order valence-corrected chi connectivity index (χ4v) is 2.88. The minimum atomic E-state index is -4.54. The highest BCUT2D eigenvalue weighted by Crippen LogP contribution is 2.38. The van der Waals surface area contributed by atoms with E-state index in [4.69, 9.17) is 11.6 Å². The number of thioether (sulfide) groups is 1. The molecule has 1 aromatic heterocycles. The van der Waals surface area contributed by atoms with E-state index < -0.39 is 11.7 Å². The molecule has 0 bridgehead atoms. The van der Waals surface area contributed by atoms with Crippen LogP contribution in [0.1, 0.15) is 25.3 Å². The van der Waals surface area contributed by atoms with Crippen molar-refractivity contribution in [2.24, 2.45) is 4.99 Å². The average molecular weight is 363 g/mol. The van der Waals surface area contributed by atoms with Gasteiger partial charge in [-0.05, 0) is 24.6 Å². The van der Waals surface area contributed by atoms with Crippen LogP contribution in [0, 0.1) is 0 Å². The van der Waals surface area contributed by atoms with Crippen molar-refractivity contribution in [2.75, 3.05) is 5.75 Å². The highest BCUT2D eigenvalue weighted by molar-refractivity contribution is 8.13. The number of halogens is 4. The van der Waals surface area contributed by atoms with E-state index in [-0.39, 0.29) is 10.7 Å². The zero-order chi connectivity index (χ0) is 16.9. The van der Waals surface area contributed by atoms with Gasteiger partial charge in [-0.1, -0.05) is 36.7 Å². The predicted molar refractivity (Wildman–Crippen MR) is 86.3 cm³/mol. The summed E-state index contributed by atoms with van der Waals surface area (Å²) in [5.74, 6) is 0.726. The molecule has 2 rings (SSSR count). The van der Waals surface area contributed by atoms with Gasteiger partial charge in [0.2, 0.25) is 0 Å². The first-order valence-electron chi connectivity index (χ1n) is 6.85. The maximum Gasteiger partial charge on any atom is 0.418 e. The molecule has 0 unspecified atom stereocenters. The smallest absolute Gasteiger partial charge is 0.223 e. The summed E-state index contributed by atoms with van der Waals surface area (Å²) in [6, 6.07) is 3.50. The molecule has 0 radical (unpaired) electrons. The van der Waals surface area contributed by atoms with Gasteiger partial charge in [0.05, 0.1) is 11.3 Å². The zero-order valence-electron chi connectivity index (χ0n) is 12.2. The Kier molecular flexibility index (Phi) is 6.06. The van der Waals surface area contributed by atoms with Crippen LogP contribution in [0.2, 0.25) is 5.02 Å². The van der Waals surface area contributed by atoms with Gasteiger partial charge in [0.25, 0.3) is 0 Å². The molecule has 0 saturated carbocycles. The van der Waals surface area contributed by atoms with Crippen molar-refractivity contribution >= 4 is 34.2 Å². The van der Waals surface area contributed by atoms with Gasteiger partial charge in [0.1, 0.15) is 12.7 Å². The molecule has 0 atom stereocenters. The lowest BCUT2D eigenvalue weighted by atomic mass is 10.2. The van der Waals surface area contributed by atoms with Crippen LogP contribution in [-0.4, -0.2) is 25.7 Å². The highest BCUT2D eigenvalue weighted by Gasteiger charge is 2.34. The summed E-state index contributed by atoms with van der Waals surface area (Å²) >= 11 is 7.01. The van der Waals surface area contributed by atoms with Crippen molar-refractivity contribution in [2.45, 2.75) is 25.9 Å². The second-order valence-corrected chi connectivity index (χ2v) is 6.09. The first-order valence-corrected chi connectivity index (χ1v) is 8.21. The minimum absolute atomic E-state index is 0.0113. The van der Waals surface area contributed by atoms with Crippen molar-refractivity contribution in [3.05, 3.63) is 41.4 Å². The number of aliphatic imine (C=N–C) groups is 1. The Labute approximate surface area is 140 Å². The van der Waals surface area contributed by atoms with Crippen LogP contribution >= 0.6 is 23.4 Å². The van der Waals surface area contributed by atoms with Crippen LogP contribution in [0.5, 0.6) is 0 Å². The van der Waals surface area contributed by atoms with Gasteiger partial charge in [-0.3, -0.25) is 0 Å². The standard InChI is InChI=1S/C14H14ClF3N4S/c1-2-3-6-23-13(22-9-19-8-20-22)21-12-5-4-10(15)7-11(12)14(16,17)18/h4-5,7-9H,2-3,6H2,1H3/b21-13+. The second-order valence-electron chi connectivity index (χ2n) is 4.60. The third kappa shape index (κ3) is 4.97. The van der Waals surface area contributed by atoms with E-state index in [1.54, 1.807) is 0 Å². The number of hydrogen-bond donors (Lipinski definition) is 0. The fraction of sp³-hybridized carbons (Fsp3) is 0.357. The van der Waals surface area contributed by atoms with Crippen LogP contribution in [0.3, 0.4) is 0 Å². The quantitative estimate of drug-likeness (QED) is 0.435. The minimum Gasteiger partial charge on any atom is -0.223 e. The Morgan fingerprint density at radius 1 is 1.39 bits per heavy atom. The lowest BCUT2D eigenvalue weighted by Crippen LogP contribution is -2.11. The zero-order valence-corrected chi connectivity index (χ0v) is 13.8. The maximum atomic E-state index is 13.2. The number of hydrogen-bond acceptors (Lipinski definition) is 4. The first-order chi connectivity index (χ1) is 10.9. The van der Waals surface area contributed by atoms with E-state index in [1.165, 1.54) is 41.2 Å². The van der Waals surface area contributed by atoms with E-state index >= 15 is 0 Å². The molecule has 4 nitrogen and oxygen atoms in total. The lowest BCUT2D eigenvalue weighted by molar-refractivity contribution is -0.137. The van der Waals surface area contributed by atoms with Gasteiger partial charge in [-0.2, -0.15) is 23.0 Å². The van der Waals surface area contributed by atoms with Gasteiger partial charge in [0, 0.05) is 10.8 Å². The topological polar surface area (TPSA) is 43.1 Å². The molecule has 9 heteroatoms. The Bertz CT molecular complexity index is 671. The Hall–Kier alpha value is -1.54. The molecule has 23 heavy (non-hydrogen) atoms. The van der Waals surface area contributed by atoms with E-state index in [0.717, 1.165) is 24.7 Å². The molecule has 0 aliphatic carbocycles. The van der Waals surface area contributed by atoms with Crippen LogP contribution in [0.4, 0.5) is 18.9 Å². The highest BCUT2D eigenvalue weighted by atomic mass is 35.5. The van der Waals surface area contributed by atoms with E-state index in [2.05, 4.69) is 15.1 Å². The predicted octanol–water partition coefficient (Wildman–Crippen LogP) is 5.02. The molecule has 0 saturated heterocycles. The Balaban J connectivity index is 2.42. The van der Waals surface area contributed by atoms with Gasteiger partial charge in [-0.15, -0.1) is 0 Å². The molecule has 0 aliphatic heterocycles. The Morgan fingerprint density at radius 2 is 2.17 bits per heavy atom. The summed E-state index contributed by atoms with van der Waals surface area (Å²) in [5, 5.41) is 4.30. The number of benzene rings is 1. The SMILES string of the molecule is CCCCS/C(=N/c1ccc(Cl)cc1C(F)(F)F)n1cncn1. The number of nitrogens with zero attached hydrogens (tertiary/aromatic N) is 4. The van der Waals surface area contributed by atoms with Crippen molar-refractivity contribution in [1.29, 1.82) is 0 Å². The van der Waals surface area contributed by atoms with Crippen molar-refractivity contribution < 1.29 is 13.2 Å². The molecule has 0 N–H and O–H groups in total. The van der Waals surface area contributed by atoms with Crippen molar-refractivity contribution in [3.8, 4) is 0 Å². The van der Waals surface area contributed by atoms with Gasteiger partial charge < -0.3 is 0 Å². The van der Waals surface area contributed by atoms with Gasteiger partial charge in [-0.25, -0.2) is 9.98 Å². The molecule has 0 fully saturated rings. The maximum absolute atomic E-state index is 13.2. The largest absolute Gasteiger partial charge is 0.418 e. The summed E-state index contributed by atoms with van der Waals surface area (Å²) in [6.07, 6.45) is 0.0756. The van der Waals surface area contributed by atoms with Crippen LogP contribution in [0.15, 0.2) is 35.8 Å². The summed E-state index contributed by atoms with van der Waals surface area (Å²) in [4.78, 5) is 7.95. The van der Waals surface area contributed by atoms with Crippen LogP contribution in [-0.2, 0) is 6.18 Å². The molecule has 0 amide bonds. The third-order valence-corrected chi connectivity index (χ3v) is 4.09.